The Labute approximate surface area is 258 Å². The van der Waals surface area contributed by atoms with Gasteiger partial charge in [-0.25, -0.2) is 9.57 Å². The van der Waals surface area contributed by atoms with Gasteiger partial charge in [0.15, 0.2) is 0 Å². The molecule has 0 bridgehead atoms. The minimum Gasteiger partial charge on any atom is -0.404 e. The molecule has 2 aromatic carbocycles. The Balaban J connectivity index is 1.47. The van der Waals surface area contributed by atoms with Gasteiger partial charge >= 0.3 is 7.82 Å². The molecule has 0 spiro atoms. The van der Waals surface area contributed by atoms with Crippen LogP contribution in [0.2, 0.25) is 5.02 Å². The molecule has 2 aliphatic rings. The van der Waals surface area contributed by atoms with Gasteiger partial charge in [-0.2, -0.15) is 0 Å². The highest BCUT2D eigenvalue weighted by Gasteiger charge is 2.44. The lowest BCUT2D eigenvalue weighted by molar-refractivity contribution is -0.176. The molecule has 44 heavy (non-hydrogen) atoms. The summed E-state index contributed by atoms with van der Waals surface area (Å²) in [5.41, 5.74) is 1.32. The lowest BCUT2D eigenvalue weighted by Gasteiger charge is -2.43. The van der Waals surface area contributed by atoms with Gasteiger partial charge in [-0.05, 0) is 54.7 Å². The molecule has 4 rings (SSSR count). The predicted octanol–water partition coefficient (Wildman–Crippen LogP) is 1.19. The normalized spacial score (nSPS) is 19.4. The Morgan fingerprint density at radius 2 is 1.70 bits per heavy atom. The van der Waals surface area contributed by atoms with Crippen LogP contribution in [0.3, 0.4) is 0 Å². The first-order valence-electron chi connectivity index (χ1n) is 13.9. The smallest absolute Gasteiger partial charge is 0.404 e. The number of halogens is 1. The van der Waals surface area contributed by atoms with Gasteiger partial charge in [-0.3, -0.25) is 38.8 Å². The van der Waals surface area contributed by atoms with Crippen LogP contribution in [0.5, 0.6) is 5.75 Å². The van der Waals surface area contributed by atoms with E-state index >= 15 is 0 Å². The molecule has 16 heteroatoms. The van der Waals surface area contributed by atoms with Crippen LogP contribution in [0, 0.1) is 0 Å². The van der Waals surface area contributed by atoms with Crippen molar-refractivity contribution < 1.29 is 42.8 Å². The average molecular weight is 650 g/mol. The Morgan fingerprint density at radius 1 is 1.05 bits per heavy atom. The van der Waals surface area contributed by atoms with E-state index in [0.717, 1.165) is 10.6 Å². The SMILES string of the molecule is CC(=O)NC(Cc1ccc(OP(=O)(O)O)cc1)C(=O)NC1CCC(=O)N2CCCC(C(=O)NCc3ccc(Cl)cc3)N2C1=O. The largest absolute Gasteiger partial charge is 0.524 e. The molecule has 0 saturated carbocycles. The molecule has 2 fully saturated rings. The number of benzene rings is 2. The van der Waals surface area contributed by atoms with Crippen molar-refractivity contribution in [2.75, 3.05) is 6.54 Å². The van der Waals surface area contributed by atoms with Crippen molar-refractivity contribution in [2.45, 2.75) is 63.7 Å². The first-order chi connectivity index (χ1) is 20.8. The highest BCUT2D eigenvalue weighted by atomic mass is 35.5. The molecule has 2 saturated heterocycles. The van der Waals surface area contributed by atoms with Crippen LogP contribution in [-0.4, -0.2) is 74.0 Å². The third kappa shape index (κ3) is 8.79. The van der Waals surface area contributed by atoms with Crippen LogP contribution in [0.25, 0.3) is 0 Å². The topological polar surface area (TPSA) is 195 Å². The maximum atomic E-state index is 13.8. The number of hydrogen-bond acceptors (Lipinski definition) is 7. The number of hydrazine groups is 1. The number of fused-ring (bicyclic) bond motifs is 1. The summed E-state index contributed by atoms with van der Waals surface area (Å²) in [4.78, 5) is 83.3. The second-order valence-corrected chi connectivity index (χ2v) is 12.1. The van der Waals surface area contributed by atoms with Crippen LogP contribution in [0.4, 0.5) is 0 Å². The van der Waals surface area contributed by atoms with Gasteiger partial charge in [0.25, 0.3) is 5.91 Å². The molecular weight excluding hydrogens is 617 g/mol. The van der Waals surface area contributed by atoms with Crippen LogP contribution in [-0.2, 0) is 41.5 Å². The summed E-state index contributed by atoms with van der Waals surface area (Å²) >= 11 is 5.93. The summed E-state index contributed by atoms with van der Waals surface area (Å²) in [5.74, 6) is -2.68. The number of carbonyl (C=O) groups is 5. The molecule has 5 amide bonds. The fourth-order valence-corrected chi connectivity index (χ4v) is 5.62. The standard InChI is InChI=1S/C28H33ClN5O9P/c1-17(35)31-23(15-18-6-10-21(11-7-18)43-44(40,41)42)26(37)32-22-12-13-25(36)33-14-2-3-24(34(33)28(22)39)27(38)30-16-19-4-8-20(29)9-5-19/h4-11,22-24H,2-3,12-16H2,1H3,(H,30,38)(H,31,35)(H,32,37)(H2,40,41,42). The number of hydrogen-bond donors (Lipinski definition) is 5. The monoisotopic (exact) mass is 649 g/mol. The van der Waals surface area contributed by atoms with E-state index in [1.807, 2.05) is 0 Å². The number of nitrogens with one attached hydrogen (secondary N) is 3. The number of rotatable bonds is 10. The molecule has 0 aromatic heterocycles. The van der Waals surface area contributed by atoms with Crippen LogP contribution in [0.15, 0.2) is 48.5 Å². The van der Waals surface area contributed by atoms with Crippen molar-refractivity contribution >= 4 is 49.0 Å². The molecule has 0 radical (unpaired) electrons. The second kappa shape index (κ2) is 14.2. The van der Waals surface area contributed by atoms with Gasteiger partial charge in [0.05, 0.1) is 0 Å². The Morgan fingerprint density at radius 3 is 2.34 bits per heavy atom. The van der Waals surface area contributed by atoms with Crippen molar-refractivity contribution in [3.05, 3.63) is 64.7 Å². The summed E-state index contributed by atoms with van der Waals surface area (Å²) in [6.07, 6.45) is 0.759. The molecular formula is C28H33ClN5O9P. The predicted molar refractivity (Wildman–Crippen MR) is 156 cm³/mol. The van der Waals surface area contributed by atoms with Crippen LogP contribution >= 0.6 is 19.4 Å². The highest BCUT2D eigenvalue weighted by molar-refractivity contribution is 7.46. The number of nitrogens with zero attached hydrogens (tertiary/aromatic N) is 2. The van der Waals surface area contributed by atoms with E-state index in [-0.39, 0.29) is 44.0 Å². The molecule has 2 aromatic rings. The summed E-state index contributed by atoms with van der Waals surface area (Å²) in [5, 5.41) is 11.0. The zero-order valence-corrected chi connectivity index (χ0v) is 25.4. The Bertz CT molecular complexity index is 1450. The molecule has 236 valence electrons. The molecule has 2 aliphatic heterocycles. The quantitative estimate of drug-likeness (QED) is 0.235. The van der Waals surface area contributed by atoms with Crippen molar-refractivity contribution in [2.24, 2.45) is 0 Å². The zero-order valence-electron chi connectivity index (χ0n) is 23.8. The van der Waals surface area contributed by atoms with E-state index in [1.165, 1.54) is 36.2 Å². The maximum Gasteiger partial charge on any atom is 0.524 e. The van der Waals surface area contributed by atoms with E-state index in [9.17, 15) is 28.5 Å². The third-order valence-electron chi connectivity index (χ3n) is 7.14. The lowest BCUT2D eigenvalue weighted by atomic mass is 10.0. The van der Waals surface area contributed by atoms with Crippen molar-refractivity contribution in [3.63, 3.8) is 0 Å². The number of carbonyl (C=O) groups excluding carboxylic acids is 5. The van der Waals surface area contributed by atoms with Crippen molar-refractivity contribution in [1.29, 1.82) is 0 Å². The Kier molecular flexibility index (Phi) is 10.6. The minimum atomic E-state index is -4.75. The molecule has 0 aliphatic carbocycles. The second-order valence-electron chi connectivity index (χ2n) is 10.5. The van der Waals surface area contributed by atoms with E-state index in [4.69, 9.17) is 21.4 Å². The fraction of sp³-hybridized carbons (Fsp3) is 0.393. The van der Waals surface area contributed by atoms with Gasteiger partial charge in [0.1, 0.15) is 23.9 Å². The van der Waals surface area contributed by atoms with Crippen LogP contribution < -0.4 is 20.5 Å². The molecule has 2 heterocycles. The van der Waals surface area contributed by atoms with Gasteiger partial charge in [0, 0.05) is 37.9 Å². The van der Waals surface area contributed by atoms with Crippen molar-refractivity contribution in [3.8, 4) is 5.75 Å². The summed E-state index contributed by atoms with van der Waals surface area (Å²) < 4.78 is 15.6. The van der Waals surface area contributed by atoms with Gasteiger partial charge in [-0.15, -0.1) is 0 Å². The van der Waals surface area contributed by atoms with Gasteiger partial charge in [0.2, 0.25) is 23.6 Å². The van der Waals surface area contributed by atoms with E-state index < -0.39 is 49.6 Å². The summed E-state index contributed by atoms with van der Waals surface area (Å²) in [7, 11) is -4.75. The zero-order chi connectivity index (χ0) is 32.0. The van der Waals surface area contributed by atoms with Crippen LogP contribution in [0.1, 0.15) is 43.7 Å². The lowest BCUT2D eigenvalue weighted by Crippen LogP contribution is -2.64. The molecule has 5 N–H and O–H groups in total. The first-order valence-corrected chi connectivity index (χ1v) is 15.8. The molecule has 3 unspecified atom stereocenters. The average Bonchev–Trinajstić information content (AvgIpc) is 3.08. The molecule has 3 atom stereocenters. The first kappa shape index (κ1) is 32.9. The van der Waals surface area contributed by atoms with Crippen molar-refractivity contribution in [1.82, 2.24) is 26.0 Å². The highest BCUT2D eigenvalue weighted by Crippen LogP contribution is 2.37. The number of phosphoric acid groups is 1. The fourth-order valence-electron chi connectivity index (χ4n) is 5.10. The maximum absolute atomic E-state index is 13.8. The number of phosphoric ester groups is 1. The third-order valence-corrected chi connectivity index (χ3v) is 7.84. The van der Waals surface area contributed by atoms with Gasteiger partial charge < -0.3 is 20.5 Å². The van der Waals surface area contributed by atoms with E-state index in [2.05, 4.69) is 20.5 Å². The summed E-state index contributed by atoms with van der Waals surface area (Å²) in [6, 6.07) is 9.24. The number of amides is 5. The molecule has 14 nitrogen and oxygen atoms in total. The Hall–Kier alpha value is -3.97. The summed E-state index contributed by atoms with van der Waals surface area (Å²) in [6.45, 7) is 1.67. The van der Waals surface area contributed by atoms with Gasteiger partial charge in [-0.1, -0.05) is 35.9 Å². The van der Waals surface area contributed by atoms with E-state index in [0.29, 0.717) is 23.4 Å². The van der Waals surface area contributed by atoms with E-state index in [1.54, 1.807) is 24.3 Å². The minimum absolute atomic E-state index is 0.00325.